The molecule has 1 saturated heterocycles. The molecule has 0 aromatic rings. The van der Waals surface area contributed by atoms with Gasteiger partial charge in [-0.3, -0.25) is 4.90 Å². The molecule has 1 heterocycles. The van der Waals surface area contributed by atoms with E-state index in [0.717, 1.165) is 26.2 Å². The highest BCUT2D eigenvalue weighted by Crippen LogP contribution is 2.00. The van der Waals surface area contributed by atoms with Crippen LogP contribution in [0.5, 0.6) is 0 Å². The molecule has 1 rings (SSSR count). The molecule has 0 aliphatic carbocycles. The quantitative estimate of drug-likeness (QED) is 0.509. The molecule has 1 fully saturated rings. The Morgan fingerprint density at radius 3 is 2.60 bits per heavy atom. The lowest BCUT2D eigenvalue weighted by atomic mass is 10.2. The third-order valence-electron chi connectivity index (χ3n) is 2.01. The number of nitrogens with zero attached hydrogens (tertiary/aromatic N) is 2. The van der Waals surface area contributed by atoms with Gasteiger partial charge in [-0.05, 0) is 6.92 Å². The van der Waals surface area contributed by atoms with Crippen LogP contribution in [0.15, 0.2) is 12.7 Å². The Labute approximate surface area is 62.9 Å². The van der Waals surface area contributed by atoms with E-state index in [-0.39, 0.29) is 0 Å². The topological polar surface area (TPSA) is 17.3 Å². The summed E-state index contributed by atoms with van der Waals surface area (Å²) in [6, 6.07) is 0.524. The fourth-order valence-corrected chi connectivity index (χ4v) is 1.18. The SMILES string of the molecule is C=CC(C)N1CC[N]CC1. The Balaban J connectivity index is 2.30. The minimum atomic E-state index is 0.524. The zero-order chi connectivity index (χ0) is 7.40. The molecule has 0 bridgehead atoms. The predicted molar refractivity (Wildman–Crippen MR) is 43.1 cm³/mol. The van der Waals surface area contributed by atoms with Gasteiger partial charge >= 0.3 is 0 Å². The van der Waals surface area contributed by atoms with E-state index in [4.69, 9.17) is 0 Å². The van der Waals surface area contributed by atoms with Crippen LogP contribution in [0.1, 0.15) is 6.92 Å². The van der Waals surface area contributed by atoms with E-state index < -0.39 is 0 Å². The van der Waals surface area contributed by atoms with Crippen molar-refractivity contribution in [3.05, 3.63) is 12.7 Å². The van der Waals surface area contributed by atoms with Crippen molar-refractivity contribution < 1.29 is 0 Å². The summed E-state index contributed by atoms with van der Waals surface area (Å²) in [6.45, 7) is 10.1. The number of piperazine rings is 1. The Bertz CT molecular complexity index is 106. The Hall–Kier alpha value is -0.340. The van der Waals surface area contributed by atoms with Crippen LogP contribution in [-0.2, 0) is 0 Å². The van der Waals surface area contributed by atoms with E-state index in [1.807, 2.05) is 6.08 Å². The summed E-state index contributed by atoms with van der Waals surface area (Å²) in [7, 11) is 0. The molecule has 1 unspecified atom stereocenters. The highest BCUT2D eigenvalue weighted by molar-refractivity contribution is 4.85. The van der Waals surface area contributed by atoms with Gasteiger partial charge in [-0.1, -0.05) is 6.08 Å². The molecule has 0 spiro atoms. The molecule has 0 aromatic carbocycles. The summed E-state index contributed by atoms with van der Waals surface area (Å²) in [5.74, 6) is 0. The molecule has 1 radical (unpaired) electrons. The maximum absolute atomic E-state index is 4.27. The second-order valence-corrected chi connectivity index (χ2v) is 2.68. The van der Waals surface area contributed by atoms with E-state index in [1.54, 1.807) is 0 Å². The molecule has 2 nitrogen and oxygen atoms in total. The maximum atomic E-state index is 4.27. The molecule has 0 N–H and O–H groups in total. The van der Waals surface area contributed by atoms with Gasteiger partial charge in [-0.15, -0.1) is 6.58 Å². The van der Waals surface area contributed by atoms with Crippen LogP contribution in [0, 0.1) is 0 Å². The van der Waals surface area contributed by atoms with Crippen LogP contribution in [0.25, 0.3) is 0 Å². The normalized spacial score (nSPS) is 24.1. The van der Waals surface area contributed by atoms with Gasteiger partial charge in [-0.25, -0.2) is 5.32 Å². The largest absolute Gasteiger partial charge is 0.295 e. The fraction of sp³-hybridized carbons (Fsp3) is 0.750. The molecule has 1 aliphatic heterocycles. The minimum absolute atomic E-state index is 0.524. The van der Waals surface area contributed by atoms with Crippen molar-refractivity contribution in [1.29, 1.82) is 0 Å². The summed E-state index contributed by atoms with van der Waals surface area (Å²) in [5.41, 5.74) is 0. The van der Waals surface area contributed by atoms with Gasteiger partial charge in [0.05, 0.1) is 0 Å². The molecule has 0 aromatic heterocycles. The van der Waals surface area contributed by atoms with E-state index in [9.17, 15) is 0 Å². The van der Waals surface area contributed by atoms with E-state index in [1.165, 1.54) is 0 Å². The molecule has 1 atom stereocenters. The van der Waals surface area contributed by atoms with Crippen LogP contribution in [0.2, 0.25) is 0 Å². The lowest BCUT2D eigenvalue weighted by Crippen LogP contribution is -2.44. The molecule has 0 saturated carbocycles. The molecule has 0 amide bonds. The van der Waals surface area contributed by atoms with Crippen LogP contribution in [-0.4, -0.2) is 37.1 Å². The van der Waals surface area contributed by atoms with Crippen molar-refractivity contribution in [2.45, 2.75) is 13.0 Å². The smallest absolute Gasteiger partial charge is 0.0262 e. The number of rotatable bonds is 2. The second-order valence-electron chi connectivity index (χ2n) is 2.68. The van der Waals surface area contributed by atoms with E-state index in [2.05, 4.69) is 23.7 Å². The first kappa shape index (κ1) is 7.76. The van der Waals surface area contributed by atoms with Gasteiger partial charge in [0, 0.05) is 32.2 Å². The average Bonchev–Trinajstić information content (AvgIpc) is 2.05. The molecule has 1 aliphatic rings. The monoisotopic (exact) mass is 139 g/mol. The van der Waals surface area contributed by atoms with Crippen molar-refractivity contribution in [2.24, 2.45) is 0 Å². The van der Waals surface area contributed by atoms with Crippen molar-refractivity contribution in [2.75, 3.05) is 26.2 Å². The molecular weight excluding hydrogens is 124 g/mol. The van der Waals surface area contributed by atoms with E-state index >= 15 is 0 Å². The van der Waals surface area contributed by atoms with Crippen molar-refractivity contribution in [1.82, 2.24) is 10.2 Å². The zero-order valence-corrected chi connectivity index (χ0v) is 6.58. The predicted octanol–water partition coefficient (Wildman–Crippen LogP) is 0.481. The molecule has 57 valence electrons. The van der Waals surface area contributed by atoms with Crippen LogP contribution in [0.4, 0.5) is 0 Å². The summed E-state index contributed by atoms with van der Waals surface area (Å²) in [4.78, 5) is 2.40. The summed E-state index contributed by atoms with van der Waals surface area (Å²) >= 11 is 0. The fourth-order valence-electron chi connectivity index (χ4n) is 1.18. The highest BCUT2D eigenvalue weighted by atomic mass is 15.2. The standard InChI is InChI=1S/C8H15N2/c1-3-8(2)10-6-4-9-5-7-10/h3,8H,1,4-7H2,2H3. The van der Waals surface area contributed by atoms with Crippen LogP contribution in [0.3, 0.4) is 0 Å². The van der Waals surface area contributed by atoms with Gasteiger partial charge in [0.2, 0.25) is 0 Å². The van der Waals surface area contributed by atoms with Gasteiger partial charge in [0.15, 0.2) is 0 Å². The summed E-state index contributed by atoms with van der Waals surface area (Å²) in [5, 5.41) is 4.27. The number of hydrogen-bond donors (Lipinski definition) is 0. The molecule has 2 heteroatoms. The highest BCUT2D eigenvalue weighted by Gasteiger charge is 2.13. The van der Waals surface area contributed by atoms with Gasteiger partial charge in [0.25, 0.3) is 0 Å². The van der Waals surface area contributed by atoms with Crippen molar-refractivity contribution in [3.63, 3.8) is 0 Å². The van der Waals surface area contributed by atoms with Crippen molar-refractivity contribution >= 4 is 0 Å². The first-order chi connectivity index (χ1) is 4.84. The van der Waals surface area contributed by atoms with Crippen LogP contribution < -0.4 is 5.32 Å². The lowest BCUT2D eigenvalue weighted by Gasteiger charge is -2.30. The Kier molecular flexibility index (Phi) is 2.90. The Morgan fingerprint density at radius 2 is 2.10 bits per heavy atom. The summed E-state index contributed by atoms with van der Waals surface area (Å²) < 4.78 is 0. The second kappa shape index (κ2) is 3.74. The first-order valence-corrected chi connectivity index (χ1v) is 3.84. The zero-order valence-electron chi connectivity index (χ0n) is 6.58. The minimum Gasteiger partial charge on any atom is -0.295 e. The third kappa shape index (κ3) is 1.82. The molecular formula is C8H15N2. The third-order valence-corrected chi connectivity index (χ3v) is 2.01. The Morgan fingerprint density at radius 1 is 1.50 bits per heavy atom. The molecule has 10 heavy (non-hydrogen) atoms. The van der Waals surface area contributed by atoms with Gasteiger partial charge in [-0.2, -0.15) is 0 Å². The maximum Gasteiger partial charge on any atom is 0.0262 e. The van der Waals surface area contributed by atoms with Crippen LogP contribution >= 0.6 is 0 Å². The number of hydrogen-bond acceptors (Lipinski definition) is 1. The first-order valence-electron chi connectivity index (χ1n) is 3.84. The van der Waals surface area contributed by atoms with E-state index in [0.29, 0.717) is 6.04 Å². The van der Waals surface area contributed by atoms with Gasteiger partial charge in [0.1, 0.15) is 0 Å². The lowest BCUT2D eigenvalue weighted by molar-refractivity contribution is 0.210. The van der Waals surface area contributed by atoms with Crippen molar-refractivity contribution in [3.8, 4) is 0 Å². The summed E-state index contributed by atoms with van der Waals surface area (Å²) in [6.07, 6.45) is 1.99. The van der Waals surface area contributed by atoms with Gasteiger partial charge < -0.3 is 0 Å². The average molecular weight is 139 g/mol.